The summed E-state index contributed by atoms with van der Waals surface area (Å²) in [7, 11) is -3.48. The van der Waals surface area contributed by atoms with Gasteiger partial charge in [-0.1, -0.05) is 45.2 Å². The largest absolute Gasteiger partial charge is 0.269 e. The van der Waals surface area contributed by atoms with E-state index in [1.165, 1.54) is 18.2 Å². The van der Waals surface area contributed by atoms with E-state index in [1.54, 1.807) is 6.07 Å². The molecule has 1 unspecified atom stereocenters. The third-order valence-electron chi connectivity index (χ3n) is 3.61. The van der Waals surface area contributed by atoms with Crippen molar-refractivity contribution in [1.29, 1.82) is 0 Å². The molecule has 0 saturated heterocycles. The summed E-state index contributed by atoms with van der Waals surface area (Å²) in [5.41, 5.74) is 0.324. The Morgan fingerprint density at radius 1 is 1.32 bits per heavy atom. The molecule has 1 rings (SSSR count). The minimum Gasteiger partial charge on any atom is -0.258 e. The number of hydrogen-bond acceptors (Lipinski definition) is 4. The van der Waals surface area contributed by atoms with Crippen LogP contribution in [0.2, 0.25) is 0 Å². The maximum Gasteiger partial charge on any atom is 0.269 e. The second-order valence-corrected chi connectivity index (χ2v) is 7.26. The van der Waals surface area contributed by atoms with Crippen molar-refractivity contribution in [3.05, 3.63) is 39.9 Å². The fraction of sp³-hybridized carbons (Fsp3) is 0.600. The highest BCUT2D eigenvalue weighted by Crippen LogP contribution is 2.16. The molecule has 0 aliphatic rings. The zero-order valence-electron chi connectivity index (χ0n) is 13.1. The number of unbranched alkanes of at least 4 members (excludes halogenated alkanes) is 1. The number of nitro groups is 1. The standard InChI is InChI=1S/C15H24N2O4S/c1-3-5-7-13(4-2)11-16-22(20,21)12-14-8-6-9-15(10-14)17(18)19/h6,8-10,13,16H,3-5,7,11-12H2,1-2H3. The Labute approximate surface area is 132 Å². The Morgan fingerprint density at radius 2 is 2.05 bits per heavy atom. The molecule has 0 radical (unpaired) electrons. The van der Waals surface area contributed by atoms with Crippen LogP contribution in [0.25, 0.3) is 0 Å². The first-order valence-corrected chi connectivity index (χ1v) is 9.23. The first-order chi connectivity index (χ1) is 10.4. The summed E-state index contributed by atoms with van der Waals surface area (Å²) in [5, 5.41) is 10.7. The molecule has 124 valence electrons. The molecule has 0 bridgehead atoms. The van der Waals surface area contributed by atoms with E-state index in [0.717, 1.165) is 25.7 Å². The van der Waals surface area contributed by atoms with E-state index in [-0.39, 0.29) is 11.4 Å². The number of rotatable bonds is 10. The molecule has 6 nitrogen and oxygen atoms in total. The van der Waals surface area contributed by atoms with E-state index in [4.69, 9.17) is 0 Å². The molecule has 1 aromatic carbocycles. The summed E-state index contributed by atoms with van der Waals surface area (Å²) >= 11 is 0. The highest BCUT2D eigenvalue weighted by Gasteiger charge is 2.16. The van der Waals surface area contributed by atoms with Gasteiger partial charge in [0, 0.05) is 18.7 Å². The Kier molecular flexibility index (Phi) is 7.47. The van der Waals surface area contributed by atoms with Crippen molar-refractivity contribution in [3.63, 3.8) is 0 Å². The van der Waals surface area contributed by atoms with Gasteiger partial charge in [0.05, 0.1) is 10.7 Å². The van der Waals surface area contributed by atoms with E-state index >= 15 is 0 Å². The summed E-state index contributed by atoms with van der Waals surface area (Å²) in [6.45, 7) is 4.59. The number of nitrogens with zero attached hydrogens (tertiary/aromatic N) is 1. The molecule has 0 spiro atoms. The Bertz CT molecular complexity index is 587. The smallest absolute Gasteiger partial charge is 0.258 e. The van der Waals surface area contributed by atoms with Crippen molar-refractivity contribution in [2.24, 2.45) is 5.92 Å². The molecule has 1 aromatic rings. The van der Waals surface area contributed by atoms with Gasteiger partial charge in [-0.25, -0.2) is 13.1 Å². The summed E-state index contributed by atoms with van der Waals surface area (Å²) in [6.07, 6.45) is 4.12. The van der Waals surface area contributed by atoms with Crippen molar-refractivity contribution in [3.8, 4) is 0 Å². The number of nitrogens with one attached hydrogen (secondary N) is 1. The number of sulfonamides is 1. The first kappa shape index (κ1) is 18.6. The molecular weight excluding hydrogens is 304 g/mol. The molecule has 1 atom stereocenters. The number of nitro benzene ring substituents is 1. The number of hydrogen-bond donors (Lipinski definition) is 1. The Morgan fingerprint density at radius 3 is 2.64 bits per heavy atom. The van der Waals surface area contributed by atoms with E-state index in [1.807, 2.05) is 0 Å². The monoisotopic (exact) mass is 328 g/mol. The normalized spacial score (nSPS) is 13.0. The molecule has 0 heterocycles. The van der Waals surface area contributed by atoms with Crippen LogP contribution in [0.15, 0.2) is 24.3 Å². The van der Waals surface area contributed by atoms with E-state index < -0.39 is 14.9 Å². The minimum atomic E-state index is -3.48. The second-order valence-electron chi connectivity index (χ2n) is 5.45. The fourth-order valence-electron chi connectivity index (χ4n) is 2.22. The van der Waals surface area contributed by atoms with Gasteiger partial charge in [0.15, 0.2) is 0 Å². The molecular formula is C15H24N2O4S. The van der Waals surface area contributed by atoms with Crippen LogP contribution in [0.1, 0.15) is 45.1 Å². The molecule has 0 fully saturated rings. The molecule has 0 amide bonds. The average Bonchev–Trinajstić information content (AvgIpc) is 2.47. The van der Waals surface area contributed by atoms with Crippen molar-refractivity contribution < 1.29 is 13.3 Å². The fourth-order valence-corrected chi connectivity index (χ4v) is 3.43. The third kappa shape index (κ3) is 6.53. The van der Waals surface area contributed by atoms with Gasteiger partial charge in [-0.05, 0) is 17.9 Å². The maximum absolute atomic E-state index is 12.1. The lowest BCUT2D eigenvalue weighted by Gasteiger charge is -2.15. The molecule has 0 aliphatic heterocycles. The van der Waals surface area contributed by atoms with Crippen LogP contribution in [0.3, 0.4) is 0 Å². The summed E-state index contributed by atoms with van der Waals surface area (Å²) in [5.74, 6) is 0.0960. The SMILES string of the molecule is CCCCC(CC)CNS(=O)(=O)Cc1cccc([N+](=O)[O-])c1. The Hall–Kier alpha value is -1.47. The topological polar surface area (TPSA) is 89.3 Å². The highest BCUT2D eigenvalue weighted by molar-refractivity contribution is 7.88. The van der Waals surface area contributed by atoms with Gasteiger partial charge in [-0.3, -0.25) is 10.1 Å². The van der Waals surface area contributed by atoms with Gasteiger partial charge in [0.2, 0.25) is 10.0 Å². The molecule has 0 aromatic heterocycles. The summed E-state index contributed by atoms with van der Waals surface area (Å²) < 4.78 is 26.8. The van der Waals surface area contributed by atoms with Crippen LogP contribution in [0.5, 0.6) is 0 Å². The van der Waals surface area contributed by atoms with Crippen molar-refractivity contribution in [2.75, 3.05) is 6.54 Å². The van der Waals surface area contributed by atoms with Gasteiger partial charge in [0.1, 0.15) is 0 Å². The highest BCUT2D eigenvalue weighted by atomic mass is 32.2. The van der Waals surface area contributed by atoms with Gasteiger partial charge in [0.25, 0.3) is 5.69 Å². The van der Waals surface area contributed by atoms with E-state index in [9.17, 15) is 18.5 Å². The molecule has 22 heavy (non-hydrogen) atoms. The Balaban J connectivity index is 2.63. The molecule has 0 saturated carbocycles. The minimum absolute atomic E-state index is 0.0953. The summed E-state index contributed by atoms with van der Waals surface area (Å²) in [6, 6.07) is 5.73. The third-order valence-corrected chi connectivity index (χ3v) is 4.93. The number of benzene rings is 1. The lowest BCUT2D eigenvalue weighted by molar-refractivity contribution is -0.384. The van der Waals surface area contributed by atoms with Gasteiger partial charge >= 0.3 is 0 Å². The van der Waals surface area contributed by atoms with Crippen molar-refractivity contribution in [1.82, 2.24) is 4.72 Å². The van der Waals surface area contributed by atoms with E-state index in [2.05, 4.69) is 18.6 Å². The van der Waals surface area contributed by atoms with Gasteiger partial charge < -0.3 is 0 Å². The molecule has 7 heteroatoms. The van der Waals surface area contributed by atoms with Crippen molar-refractivity contribution >= 4 is 15.7 Å². The van der Waals surface area contributed by atoms with E-state index in [0.29, 0.717) is 18.0 Å². The van der Waals surface area contributed by atoms with Crippen molar-refractivity contribution in [2.45, 2.75) is 45.3 Å². The quantitative estimate of drug-likeness (QED) is 0.527. The second kappa shape index (κ2) is 8.85. The van der Waals surface area contributed by atoms with Crippen LogP contribution in [0, 0.1) is 16.0 Å². The van der Waals surface area contributed by atoms with Crippen LogP contribution in [-0.2, 0) is 15.8 Å². The first-order valence-electron chi connectivity index (χ1n) is 7.58. The maximum atomic E-state index is 12.1. The zero-order valence-corrected chi connectivity index (χ0v) is 13.9. The van der Waals surface area contributed by atoms with Gasteiger partial charge in [-0.2, -0.15) is 0 Å². The number of non-ortho nitro benzene ring substituents is 1. The van der Waals surface area contributed by atoms with Crippen LogP contribution < -0.4 is 4.72 Å². The predicted octanol–water partition coefficient (Wildman–Crippen LogP) is 3.23. The zero-order chi connectivity index (χ0) is 16.6. The van der Waals surface area contributed by atoms with Crippen LogP contribution >= 0.6 is 0 Å². The molecule has 1 N–H and O–H groups in total. The average molecular weight is 328 g/mol. The van der Waals surface area contributed by atoms with Crippen LogP contribution in [0.4, 0.5) is 5.69 Å². The molecule has 0 aliphatic carbocycles. The lowest BCUT2D eigenvalue weighted by atomic mass is 10.00. The lowest BCUT2D eigenvalue weighted by Crippen LogP contribution is -2.30. The summed E-state index contributed by atoms with van der Waals surface area (Å²) in [4.78, 5) is 10.2. The predicted molar refractivity (Wildman–Crippen MR) is 87.0 cm³/mol. The van der Waals surface area contributed by atoms with Gasteiger partial charge in [-0.15, -0.1) is 0 Å². The van der Waals surface area contributed by atoms with Crippen LogP contribution in [-0.4, -0.2) is 19.9 Å².